The van der Waals surface area contributed by atoms with Gasteiger partial charge in [-0.05, 0) is 49.2 Å². The zero-order chi connectivity index (χ0) is 24.4. The Morgan fingerprint density at radius 3 is 2.69 bits per heavy atom. The Hall–Kier alpha value is -4.47. The van der Waals surface area contributed by atoms with Crippen LogP contribution >= 0.6 is 0 Å². The van der Waals surface area contributed by atoms with E-state index in [2.05, 4.69) is 44.7 Å². The molecule has 0 N–H and O–H groups in total. The van der Waals surface area contributed by atoms with Crippen LogP contribution in [0, 0.1) is 13.8 Å². The molecule has 0 saturated carbocycles. The predicted molar refractivity (Wildman–Crippen MR) is 131 cm³/mol. The standard InChI is InChI=1S/C25H25N7O3/c1-16-17(2)31(13-19-6-5-9-26-11-19)24-23(16)25-29-22(30-32(25)15-27-24)14-35-28-12-18-7-8-20(33-3)21(10-18)34-4/h5-12,15H,13-14H2,1-4H3/b28-12+. The molecular formula is C25H25N7O3. The highest BCUT2D eigenvalue weighted by molar-refractivity contribution is 5.94. The lowest BCUT2D eigenvalue weighted by molar-refractivity contribution is 0.126. The van der Waals surface area contributed by atoms with Crippen molar-refractivity contribution in [1.29, 1.82) is 0 Å². The van der Waals surface area contributed by atoms with Gasteiger partial charge in [-0.15, -0.1) is 5.10 Å². The zero-order valence-corrected chi connectivity index (χ0v) is 20.0. The van der Waals surface area contributed by atoms with E-state index in [1.54, 1.807) is 37.5 Å². The van der Waals surface area contributed by atoms with Crippen molar-refractivity contribution in [2.75, 3.05) is 14.2 Å². The second kappa shape index (κ2) is 9.41. The first kappa shape index (κ1) is 22.3. The lowest BCUT2D eigenvalue weighted by atomic mass is 10.2. The Bertz CT molecular complexity index is 1520. The third kappa shape index (κ3) is 4.25. The van der Waals surface area contributed by atoms with Crippen molar-refractivity contribution in [3.05, 3.63) is 77.3 Å². The molecule has 4 heterocycles. The highest BCUT2D eigenvalue weighted by Gasteiger charge is 2.18. The van der Waals surface area contributed by atoms with Gasteiger partial charge in [0.05, 0.1) is 32.4 Å². The highest BCUT2D eigenvalue weighted by Crippen LogP contribution is 2.28. The summed E-state index contributed by atoms with van der Waals surface area (Å²) in [5, 5.41) is 9.53. The molecule has 10 heteroatoms. The molecule has 5 rings (SSSR count). The van der Waals surface area contributed by atoms with Gasteiger partial charge in [0.2, 0.25) is 0 Å². The molecule has 0 bridgehead atoms. The lowest BCUT2D eigenvalue weighted by Crippen LogP contribution is -2.03. The number of rotatable bonds is 8. The normalized spacial score (nSPS) is 11.5. The molecule has 0 unspecified atom stereocenters. The average molecular weight is 472 g/mol. The molecule has 0 aliphatic rings. The first-order chi connectivity index (χ1) is 17.1. The molecule has 10 nitrogen and oxygen atoms in total. The minimum atomic E-state index is 0.126. The molecule has 0 aliphatic carbocycles. The maximum Gasteiger partial charge on any atom is 0.192 e. The van der Waals surface area contributed by atoms with Crippen LogP contribution in [0.2, 0.25) is 0 Å². The summed E-state index contributed by atoms with van der Waals surface area (Å²) in [4.78, 5) is 19.1. The van der Waals surface area contributed by atoms with Crippen LogP contribution in [0.3, 0.4) is 0 Å². The number of benzene rings is 1. The smallest absolute Gasteiger partial charge is 0.192 e. The molecule has 0 radical (unpaired) electrons. The van der Waals surface area contributed by atoms with Gasteiger partial charge in [0.1, 0.15) is 12.0 Å². The van der Waals surface area contributed by atoms with Crippen LogP contribution < -0.4 is 9.47 Å². The van der Waals surface area contributed by atoms with E-state index in [1.807, 2.05) is 30.5 Å². The summed E-state index contributed by atoms with van der Waals surface area (Å²) in [7, 11) is 3.19. The van der Waals surface area contributed by atoms with Gasteiger partial charge in [-0.1, -0.05) is 11.2 Å². The monoisotopic (exact) mass is 471 g/mol. The number of nitrogens with zero attached hydrogens (tertiary/aromatic N) is 7. The first-order valence-electron chi connectivity index (χ1n) is 11.0. The second-order valence-electron chi connectivity index (χ2n) is 8.02. The van der Waals surface area contributed by atoms with Crippen molar-refractivity contribution in [3.8, 4) is 11.5 Å². The number of ether oxygens (including phenoxy) is 2. The number of methoxy groups -OCH3 is 2. The molecule has 1 aromatic carbocycles. The van der Waals surface area contributed by atoms with Crippen LogP contribution in [0.1, 0.15) is 28.2 Å². The van der Waals surface area contributed by atoms with E-state index in [0.29, 0.717) is 23.9 Å². The van der Waals surface area contributed by atoms with Crippen LogP contribution in [0.5, 0.6) is 11.5 Å². The van der Waals surface area contributed by atoms with E-state index in [4.69, 9.17) is 19.3 Å². The Balaban J connectivity index is 1.37. The summed E-state index contributed by atoms with van der Waals surface area (Å²) < 4.78 is 14.4. The molecule has 0 amide bonds. The Kier molecular flexibility index (Phi) is 6.01. The van der Waals surface area contributed by atoms with Gasteiger partial charge in [0.15, 0.2) is 29.6 Å². The average Bonchev–Trinajstić information content (AvgIpc) is 3.41. The molecule has 5 aromatic rings. The second-order valence-corrected chi connectivity index (χ2v) is 8.02. The van der Waals surface area contributed by atoms with Crippen LogP contribution in [0.25, 0.3) is 16.7 Å². The van der Waals surface area contributed by atoms with E-state index >= 15 is 0 Å². The van der Waals surface area contributed by atoms with Crippen LogP contribution in [0.4, 0.5) is 0 Å². The van der Waals surface area contributed by atoms with E-state index in [0.717, 1.165) is 39.1 Å². The largest absolute Gasteiger partial charge is 0.493 e. The van der Waals surface area contributed by atoms with Gasteiger partial charge in [-0.25, -0.2) is 14.5 Å². The van der Waals surface area contributed by atoms with Gasteiger partial charge >= 0.3 is 0 Å². The summed E-state index contributed by atoms with van der Waals surface area (Å²) in [5.41, 5.74) is 5.78. The number of fused-ring (bicyclic) bond motifs is 3. The molecule has 0 spiro atoms. The van der Waals surface area contributed by atoms with Gasteiger partial charge in [-0.3, -0.25) is 4.98 Å². The first-order valence-corrected chi connectivity index (χ1v) is 11.0. The number of pyridine rings is 1. The summed E-state index contributed by atoms with van der Waals surface area (Å²) in [6.07, 6.45) is 6.92. The maximum atomic E-state index is 5.46. The van der Waals surface area contributed by atoms with Crippen molar-refractivity contribution in [1.82, 2.24) is 29.1 Å². The summed E-state index contributed by atoms with van der Waals surface area (Å²) in [6, 6.07) is 9.49. The van der Waals surface area contributed by atoms with Gasteiger partial charge in [-0.2, -0.15) is 0 Å². The fraction of sp³-hybridized carbons (Fsp3) is 0.240. The zero-order valence-electron chi connectivity index (χ0n) is 20.0. The third-order valence-corrected chi connectivity index (χ3v) is 5.93. The molecule has 0 aliphatic heterocycles. The van der Waals surface area contributed by atoms with Crippen LogP contribution in [-0.4, -0.2) is 49.6 Å². The molecule has 0 atom stereocenters. The Morgan fingerprint density at radius 1 is 1.06 bits per heavy atom. The van der Waals surface area contributed by atoms with Crippen LogP contribution in [-0.2, 0) is 18.0 Å². The summed E-state index contributed by atoms with van der Waals surface area (Å²) in [5.74, 6) is 1.79. The number of hydrogen-bond acceptors (Lipinski definition) is 8. The van der Waals surface area contributed by atoms with Crippen molar-refractivity contribution >= 4 is 22.9 Å². The van der Waals surface area contributed by atoms with Crippen molar-refractivity contribution in [2.45, 2.75) is 27.0 Å². The molecule has 4 aromatic heterocycles. The van der Waals surface area contributed by atoms with Crippen molar-refractivity contribution in [3.63, 3.8) is 0 Å². The number of oxime groups is 1. The number of aromatic nitrogens is 6. The third-order valence-electron chi connectivity index (χ3n) is 5.93. The Labute approximate surface area is 201 Å². The minimum absolute atomic E-state index is 0.126. The maximum absolute atomic E-state index is 5.46. The topological polar surface area (TPSA) is 101 Å². The summed E-state index contributed by atoms with van der Waals surface area (Å²) in [6.45, 7) is 4.98. The highest BCUT2D eigenvalue weighted by atomic mass is 16.6. The molecule has 35 heavy (non-hydrogen) atoms. The molecule has 178 valence electrons. The fourth-order valence-corrected chi connectivity index (χ4v) is 4.03. The SMILES string of the molecule is COc1ccc(/C=N/OCc2nc3c4c(C)c(C)n(Cc5cccnc5)c4ncn3n2)cc1OC. The van der Waals surface area contributed by atoms with E-state index in [-0.39, 0.29) is 6.61 Å². The minimum Gasteiger partial charge on any atom is -0.493 e. The van der Waals surface area contributed by atoms with E-state index in [1.165, 1.54) is 0 Å². The number of hydrogen-bond donors (Lipinski definition) is 0. The molecular weight excluding hydrogens is 446 g/mol. The molecule has 0 saturated heterocycles. The van der Waals surface area contributed by atoms with Gasteiger partial charge in [0.25, 0.3) is 0 Å². The van der Waals surface area contributed by atoms with Gasteiger partial charge < -0.3 is 18.9 Å². The van der Waals surface area contributed by atoms with Crippen LogP contribution in [0.15, 0.2) is 54.2 Å². The van der Waals surface area contributed by atoms with Crippen molar-refractivity contribution < 1.29 is 14.3 Å². The lowest BCUT2D eigenvalue weighted by Gasteiger charge is -2.07. The van der Waals surface area contributed by atoms with E-state index in [9.17, 15) is 0 Å². The van der Waals surface area contributed by atoms with Crippen molar-refractivity contribution in [2.24, 2.45) is 5.16 Å². The fourth-order valence-electron chi connectivity index (χ4n) is 4.03. The summed E-state index contributed by atoms with van der Waals surface area (Å²) >= 11 is 0. The van der Waals surface area contributed by atoms with E-state index < -0.39 is 0 Å². The molecule has 0 fully saturated rings. The van der Waals surface area contributed by atoms with Gasteiger partial charge in [0, 0.05) is 23.7 Å². The number of aryl methyl sites for hydroxylation is 1. The predicted octanol–water partition coefficient (Wildman–Crippen LogP) is 3.71. The Morgan fingerprint density at radius 2 is 1.91 bits per heavy atom. The quantitative estimate of drug-likeness (QED) is 0.251.